The fourth-order valence-electron chi connectivity index (χ4n) is 3.04. The first kappa shape index (κ1) is 20.3. The molecule has 0 aliphatic heterocycles. The van der Waals surface area contributed by atoms with Crippen molar-refractivity contribution in [1.29, 1.82) is 0 Å². The van der Waals surface area contributed by atoms with E-state index in [2.05, 4.69) is 21.8 Å². The number of carboxylic acid groups (broad SMARTS) is 1. The van der Waals surface area contributed by atoms with E-state index in [-0.39, 0.29) is 11.6 Å². The second-order valence-electron chi connectivity index (χ2n) is 6.73. The number of methoxy groups -OCH3 is 1. The minimum Gasteiger partial charge on any atom is -0.495 e. The smallest absolute Gasteiger partial charge is 0.336 e. The number of halogens is 1. The summed E-state index contributed by atoms with van der Waals surface area (Å²) in [6.07, 6.45) is 0. The van der Waals surface area contributed by atoms with Gasteiger partial charge in [0.2, 0.25) is 0 Å². The van der Waals surface area contributed by atoms with Crippen LogP contribution >= 0.6 is 11.6 Å². The van der Waals surface area contributed by atoms with Crippen molar-refractivity contribution in [2.24, 2.45) is 0 Å². The van der Waals surface area contributed by atoms with Gasteiger partial charge in [0.25, 0.3) is 6.01 Å². The number of aryl methyl sites for hydroxylation is 1. The molecule has 0 saturated carbocycles. The zero-order valence-electron chi connectivity index (χ0n) is 16.7. The fourth-order valence-corrected chi connectivity index (χ4v) is 3.25. The lowest BCUT2D eigenvalue weighted by Crippen LogP contribution is -2.00. The van der Waals surface area contributed by atoms with Crippen LogP contribution in [0.25, 0.3) is 11.0 Å². The zero-order chi connectivity index (χ0) is 22.0. The lowest BCUT2D eigenvalue weighted by Gasteiger charge is -2.05. The van der Waals surface area contributed by atoms with Crippen LogP contribution in [0.5, 0.6) is 17.5 Å². The van der Waals surface area contributed by atoms with Gasteiger partial charge in [-0.25, -0.2) is 4.79 Å². The Labute approximate surface area is 183 Å². The fraction of sp³-hybridized carbons (Fsp3) is 0.0833. The molecule has 0 atom stereocenters. The first-order valence-corrected chi connectivity index (χ1v) is 9.68. The van der Waals surface area contributed by atoms with Gasteiger partial charge in [-0.2, -0.15) is 4.98 Å². The van der Waals surface area contributed by atoms with Gasteiger partial charge in [0.15, 0.2) is 0 Å². The van der Waals surface area contributed by atoms with Crippen molar-refractivity contribution in [3.05, 3.63) is 81.9 Å². The van der Waals surface area contributed by atoms with E-state index in [0.717, 1.165) is 5.56 Å². The van der Waals surface area contributed by atoms with Crippen molar-refractivity contribution < 1.29 is 19.4 Å². The molecule has 31 heavy (non-hydrogen) atoms. The van der Waals surface area contributed by atoms with Crippen molar-refractivity contribution in [3.63, 3.8) is 0 Å². The molecule has 0 aliphatic rings. The zero-order valence-corrected chi connectivity index (χ0v) is 17.4. The third-order valence-electron chi connectivity index (χ3n) is 4.64. The SMILES string of the molecule is COc1ccccc1C#Cc1cc2[nH]c(Oc3ccc(C)c(C(=O)O)c3)nc2cc1Cl. The monoisotopic (exact) mass is 432 g/mol. The highest BCUT2D eigenvalue weighted by atomic mass is 35.5. The maximum Gasteiger partial charge on any atom is 0.336 e. The minimum absolute atomic E-state index is 0.172. The summed E-state index contributed by atoms with van der Waals surface area (Å²) < 4.78 is 11.0. The molecule has 4 rings (SSSR count). The Morgan fingerprint density at radius 3 is 2.65 bits per heavy atom. The summed E-state index contributed by atoms with van der Waals surface area (Å²) in [6, 6.07) is 16.0. The lowest BCUT2D eigenvalue weighted by molar-refractivity contribution is 0.0695. The Hall–Kier alpha value is -3.95. The van der Waals surface area contributed by atoms with Crippen LogP contribution in [0.15, 0.2) is 54.6 Å². The third kappa shape index (κ3) is 4.32. The summed E-state index contributed by atoms with van der Waals surface area (Å²) in [5.41, 5.74) is 3.49. The number of nitrogens with one attached hydrogen (secondary N) is 1. The predicted molar refractivity (Wildman–Crippen MR) is 118 cm³/mol. The van der Waals surface area contributed by atoms with Gasteiger partial charge in [-0.05, 0) is 48.9 Å². The van der Waals surface area contributed by atoms with Crippen LogP contribution in [0.1, 0.15) is 27.0 Å². The molecule has 1 heterocycles. The molecular formula is C24H17ClN2O4. The quantitative estimate of drug-likeness (QED) is 0.420. The number of imidazole rings is 1. The summed E-state index contributed by atoms with van der Waals surface area (Å²) in [4.78, 5) is 18.8. The molecular weight excluding hydrogens is 416 g/mol. The van der Waals surface area contributed by atoms with Gasteiger partial charge in [0.1, 0.15) is 11.5 Å². The Balaban J connectivity index is 1.65. The van der Waals surface area contributed by atoms with Gasteiger partial charge in [0, 0.05) is 5.56 Å². The van der Waals surface area contributed by atoms with E-state index in [0.29, 0.717) is 38.7 Å². The molecule has 1 aromatic heterocycles. The summed E-state index contributed by atoms with van der Waals surface area (Å²) in [5, 5.41) is 9.74. The maximum absolute atomic E-state index is 11.3. The number of nitrogens with zero attached hydrogens (tertiary/aromatic N) is 1. The van der Waals surface area contributed by atoms with E-state index in [1.165, 1.54) is 6.07 Å². The molecule has 0 aliphatic carbocycles. The summed E-state index contributed by atoms with van der Waals surface area (Å²) >= 11 is 6.39. The number of aromatic nitrogens is 2. The number of carbonyl (C=O) groups is 1. The lowest BCUT2D eigenvalue weighted by atomic mass is 10.1. The summed E-state index contributed by atoms with van der Waals surface area (Å²) in [7, 11) is 1.60. The average molecular weight is 433 g/mol. The number of ether oxygens (including phenoxy) is 2. The van der Waals surface area contributed by atoms with Crippen molar-refractivity contribution in [2.45, 2.75) is 6.92 Å². The summed E-state index contributed by atoms with van der Waals surface area (Å²) in [5.74, 6) is 6.17. The predicted octanol–water partition coefficient (Wildman–Crippen LogP) is 5.42. The largest absolute Gasteiger partial charge is 0.495 e. The highest BCUT2D eigenvalue weighted by Gasteiger charge is 2.12. The van der Waals surface area contributed by atoms with Gasteiger partial charge in [-0.1, -0.05) is 41.6 Å². The van der Waals surface area contributed by atoms with E-state index in [1.807, 2.05) is 24.3 Å². The molecule has 4 aromatic rings. The molecule has 6 nitrogen and oxygen atoms in total. The number of fused-ring (bicyclic) bond motifs is 1. The molecule has 0 radical (unpaired) electrons. The van der Waals surface area contributed by atoms with E-state index in [4.69, 9.17) is 21.1 Å². The number of H-pyrrole nitrogens is 1. The average Bonchev–Trinajstić information content (AvgIpc) is 3.14. The first-order valence-electron chi connectivity index (χ1n) is 9.30. The van der Waals surface area contributed by atoms with Crippen molar-refractivity contribution in [2.75, 3.05) is 7.11 Å². The number of rotatable bonds is 4. The van der Waals surface area contributed by atoms with Crippen LogP contribution in [-0.2, 0) is 0 Å². The maximum atomic E-state index is 11.3. The molecule has 7 heteroatoms. The number of benzene rings is 3. The van der Waals surface area contributed by atoms with E-state index < -0.39 is 5.97 Å². The summed E-state index contributed by atoms with van der Waals surface area (Å²) in [6.45, 7) is 1.73. The number of hydrogen-bond acceptors (Lipinski definition) is 4. The molecule has 0 bridgehead atoms. The second kappa shape index (κ2) is 8.42. The van der Waals surface area contributed by atoms with Crippen LogP contribution in [0.2, 0.25) is 5.02 Å². The molecule has 2 N–H and O–H groups in total. The van der Waals surface area contributed by atoms with Crippen molar-refractivity contribution in [1.82, 2.24) is 9.97 Å². The normalized spacial score (nSPS) is 10.4. The molecule has 3 aromatic carbocycles. The highest BCUT2D eigenvalue weighted by molar-refractivity contribution is 6.32. The van der Waals surface area contributed by atoms with Gasteiger partial charge < -0.3 is 19.6 Å². The number of para-hydroxylation sites is 1. The standard InChI is InChI=1S/C24H17ClN2O4/c1-14-7-10-17(12-18(14)23(28)29)31-24-26-20-11-16(19(25)13-21(20)27-24)9-8-15-5-3-4-6-22(15)30-2/h3-7,10-13H,1-2H3,(H,26,27)(H,28,29). The van der Waals surface area contributed by atoms with Gasteiger partial charge in [0.05, 0.1) is 34.3 Å². The molecule has 0 unspecified atom stereocenters. The van der Waals surface area contributed by atoms with Gasteiger partial charge in [-0.15, -0.1) is 0 Å². The number of aromatic amines is 1. The van der Waals surface area contributed by atoms with Crippen LogP contribution in [-0.4, -0.2) is 28.2 Å². The Bertz CT molecular complexity index is 1370. The van der Waals surface area contributed by atoms with Gasteiger partial charge >= 0.3 is 5.97 Å². The van der Waals surface area contributed by atoms with Crippen molar-refractivity contribution in [3.8, 4) is 29.4 Å². The molecule has 154 valence electrons. The highest BCUT2D eigenvalue weighted by Crippen LogP contribution is 2.27. The molecule has 0 spiro atoms. The van der Waals surface area contributed by atoms with Gasteiger partial charge in [-0.3, -0.25) is 0 Å². The Morgan fingerprint density at radius 1 is 1.10 bits per heavy atom. The van der Waals surface area contributed by atoms with E-state index in [9.17, 15) is 9.90 Å². The van der Waals surface area contributed by atoms with Crippen LogP contribution in [0, 0.1) is 18.8 Å². The minimum atomic E-state index is -1.02. The van der Waals surface area contributed by atoms with Crippen LogP contribution in [0.3, 0.4) is 0 Å². The van der Waals surface area contributed by atoms with Crippen LogP contribution in [0.4, 0.5) is 0 Å². The van der Waals surface area contributed by atoms with Crippen molar-refractivity contribution >= 4 is 28.6 Å². The number of aromatic carboxylic acids is 1. The topological polar surface area (TPSA) is 84.4 Å². The Kier molecular flexibility index (Phi) is 5.52. The number of carboxylic acids is 1. The molecule has 0 fully saturated rings. The molecule has 0 saturated heterocycles. The Morgan fingerprint density at radius 2 is 1.87 bits per heavy atom. The van der Waals surface area contributed by atoms with Crippen LogP contribution < -0.4 is 9.47 Å². The van der Waals surface area contributed by atoms with E-state index >= 15 is 0 Å². The third-order valence-corrected chi connectivity index (χ3v) is 4.95. The molecule has 0 amide bonds. The second-order valence-corrected chi connectivity index (χ2v) is 7.13. The number of hydrogen-bond donors (Lipinski definition) is 2. The first-order chi connectivity index (χ1) is 14.9. The van der Waals surface area contributed by atoms with E-state index in [1.54, 1.807) is 38.3 Å².